The Balaban J connectivity index is 1.47. The summed E-state index contributed by atoms with van der Waals surface area (Å²) in [4.78, 5) is 44.1. The van der Waals surface area contributed by atoms with Crippen LogP contribution in [0.3, 0.4) is 0 Å². The number of hydrogen-bond donors (Lipinski definition) is 2. The van der Waals surface area contributed by atoms with Gasteiger partial charge in [0.15, 0.2) is 0 Å². The van der Waals surface area contributed by atoms with Crippen LogP contribution in [0, 0.1) is 0 Å². The van der Waals surface area contributed by atoms with Crippen molar-refractivity contribution in [2.75, 3.05) is 37.7 Å². The average molecular weight is 450 g/mol. The molecule has 1 spiro atoms. The van der Waals surface area contributed by atoms with E-state index in [0.717, 1.165) is 11.3 Å². The maximum Gasteiger partial charge on any atom is 0.317 e. The number of nitrogens with zero attached hydrogens (tertiary/aromatic N) is 3. The number of anilines is 1. The molecule has 2 aromatic carbocycles. The van der Waals surface area contributed by atoms with Gasteiger partial charge in [-0.15, -0.1) is 0 Å². The van der Waals surface area contributed by atoms with Crippen LogP contribution in [0.1, 0.15) is 25.3 Å². The molecular formula is C25H31N5O3. The van der Waals surface area contributed by atoms with Gasteiger partial charge in [0, 0.05) is 31.9 Å². The van der Waals surface area contributed by atoms with E-state index in [9.17, 15) is 14.4 Å². The molecule has 0 bridgehead atoms. The summed E-state index contributed by atoms with van der Waals surface area (Å²) in [6.07, 6.45) is 1.06. The van der Waals surface area contributed by atoms with E-state index in [-0.39, 0.29) is 24.4 Å². The summed E-state index contributed by atoms with van der Waals surface area (Å²) in [6, 6.07) is 19.4. The lowest BCUT2D eigenvalue weighted by Gasteiger charge is -2.43. The molecule has 0 aromatic heterocycles. The fourth-order valence-corrected chi connectivity index (χ4v) is 4.69. The van der Waals surface area contributed by atoms with Crippen molar-refractivity contribution in [1.82, 2.24) is 20.4 Å². The molecular weight excluding hydrogens is 418 g/mol. The molecule has 0 saturated carbocycles. The van der Waals surface area contributed by atoms with Crippen molar-refractivity contribution in [3.05, 3.63) is 66.2 Å². The Kier molecular flexibility index (Phi) is 6.82. The number of piperidine rings is 1. The maximum atomic E-state index is 13.7. The first kappa shape index (κ1) is 22.6. The smallest absolute Gasteiger partial charge is 0.317 e. The fraction of sp³-hybridized carbons (Fsp3) is 0.400. The van der Waals surface area contributed by atoms with Crippen LogP contribution in [0.15, 0.2) is 60.7 Å². The third kappa shape index (κ3) is 4.79. The zero-order valence-corrected chi connectivity index (χ0v) is 19.0. The number of carbonyl (C=O) groups is 3. The molecule has 8 heteroatoms. The normalized spacial score (nSPS) is 17.4. The van der Waals surface area contributed by atoms with Gasteiger partial charge in [-0.25, -0.2) is 4.79 Å². The Labute approximate surface area is 194 Å². The van der Waals surface area contributed by atoms with Crippen molar-refractivity contribution < 1.29 is 14.4 Å². The van der Waals surface area contributed by atoms with Crippen molar-refractivity contribution in [3.63, 3.8) is 0 Å². The number of benzene rings is 2. The van der Waals surface area contributed by atoms with Gasteiger partial charge < -0.3 is 25.3 Å². The lowest BCUT2D eigenvalue weighted by molar-refractivity contribution is -0.137. The van der Waals surface area contributed by atoms with E-state index in [0.29, 0.717) is 45.7 Å². The first-order chi connectivity index (χ1) is 16.0. The van der Waals surface area contributed by atoms with Gasteiger partial charge in [0.25, 0.3) is 5.91 Å². The van der Waals surface area contributed by atoms with E-state index in [2.05, 4.69) is 15.5 Å². The monoisotopic (exact) mass is 449 g/mol. The van der Waals surface area contributed by atoms with Crippen LogP contribution in [-0.4, -0.2) is 66.0 Å². The van der Waals surface area contributed by atoms with Gasteiger partial charge in [-0.3, -0.25) is 9.59 Å². The molecule has 2 aliphatic rings. The highest BCUT2D eigenvalue weighted by atomic mass is 16.2. The van der Waals surface area contributed by atoms with E-state index in [4.69, 9.17) is 0 Å². The largest absolute Gasteiger partial charge is 0.350 e. The lowest BCUT2D eigenvalue weighted by Crippen LogP contribution is -2.58. The topological polar surface area (TPSA) is 85.0 Å². The summed E-state index contributed by atoms with van der Waals surface area (Å²) in [6.45, 7) is 4.24. The fourth-order valence-electron chi connectivity index (χ4n) is 4.69. The van der Waals surface area contributed by atoms with E-state index in [1.165, 1.54) is 0 Å². The first-order valence-electron chi connectivity index (χ1n) is 11.5. The van der Waals surface area contributed by atoms with E-state index in [1.807, 2.05) is 67.6 Å². The lowest BCUT2D eigenvalue weighted by atomic mass is 9.85. The van der Waals surface area contributed by atoms with Crippen LogP contribution < -0.4 is 15.5 Å². The second-order valence-electron chi connectivity index (χ2n) is 8.52. The Hall–Kier alpha value is -3.55. The number of amides is 4. The summed E-state index contributed by atoms with van der Waals surface area (Å²) < 4.78 is 0. The van der Waals surface area contributed by atoms with Crippen LogP contribution >= 0.6 is 0 Å². The SMILES string of the molecule is CCNC(=O)N1CCC2(CC1)C(=O)N(CC(=O)NCc1ccccc1)CN2c1ccccc1. The minimum atomic E-state index is -0.746. The predicted molar refractivity (Wildman–Crippen MR) is 126 cm³/mol. The van der Waals surface area contributed by atoms with Crippen LogP contribution in [0.25, 0.3) is 0 Å². The molecule has 174 valence electrons. The number of likely N-dealkylation sites (tertiary alicyclic amines) is 1. The van der Waals surface area contributed by atoms with Gasteiger partial charge in [-0.05, 0) is 37.5 Å². The summed E-state index contributed by atoms with van der Waals surface area (Å²) in [5.74, 6) is -0.228. The molecule has 0 radical (unpaired) electrons. The van der Waals surface area contributed by atoms with Crippen molar-refractivity contribution in [2.45, 2.75) is 31.8 Å². The maximum absolute atomic E-state index is 13.7. The van der Waals surface area contributed by atoms with Gasteiger partial charge in [0.1, 0.15) is 12.1 Å². The summed E-state index contributed by atoms with van der Waals surface area (Å²) >= 11 is 0. The molecule has 4 amide bonds. The molecule has 2 aromatic rings. The standard InChI is InChI=1S/C25H31N5O3/c1-2-26-24(33)28-15-13-25(14-16-28)23(32)29(19-30(25)21-11-7-4-8-12-21)18-22(31)27-17-20-9-5-3-6-10-20/h3-12H,2,13-19H2,1H3,(H,26,33)(H,27,31). The zero-order chi connectivity index (χ0) is 23.3. The summed E-state index contributed by atoms with van der Waals surface area (Å²) in [7, 11) is 0. The molecule has 33 heavy (non-hydrogen) atoms. The molecule has 8 nitrogen and oxygen atoms in total. The molecule has 2 saturated heterocycles. The number of rotatable bonds is 6. The highest BCUT2D eigenvalue weighted by molar-refractivity contribution is 5.96. The molecule has 2 aliphatic heterocycles. The third-order valence-corrected chi connectivity index (χ3v) is 6.45. The van der Waals surface area contributed by atoms with Crippen LogP contribution in [0.5, 0.6) is 0 Å². The van der Waals surface area contributed by atoms with Gasteiger partial charge in [0.2, 0.25) is 5.91 Å². The number of urea groups is 1. The first-order valence-corrected chi connectivity index (χ1v) is 11.5. The van der Waals surface area contributed by atoms with Gasteiger partial charge in [0.05, 0.1) is 6.67 Å². The average Bonchev–Trinajstić information content (AvgIpc) is 3.10. The van der Waals surface area contributed by atoms with Crippen molar-refractivity contribution in [1.29, 1.82) is 0 Å². The molecule has 2 heterocycles. The molecule has 2 N–H and O–H groups in total. The molecule has 0 atom stereocenters. The van der Waals surface area contributed by atoms with Crippen molar-refractivity contribution >= 4 is 23.5 Å². The second-order valence-corrected chi connectivity index (χ2v) is 8.52. The van der Waals surface area contributed by atoms with Gasteiger partial charge in [-0.2, -0.15) is 0 Å². The van der Waals surface area contributed by atoms with E-state index >= 15 is 0 Å². The number of carbonyl (C=O) groups excluding carboxylic acids is 3. The van der Waals surface area contributed by atoms with Crippen molar-refractivity contribution in [2.24, 2.45) is 0 Å². The number of nitrogens with one attached hydrogen (secondary N) is 2. The Morgan fingerprint density at radius 3 is 2.21 bits per heavy atom. The quantitative estimate of drug-likeness (QED) is 0.708. The predicted octanol–water partition coefficient (Wildman–Crippen LogP) is 2.17. The van der Waals surface area contributed by atoms with E-state index in [1.54, 1.807) is 9.80 Å². The minimum Gasteiger partial charge on any atom is -0.350 e. The third-order valence-electron chi connectivity index (χ3n) is 6.45. The number of hydrogen-bond acceptors (Lipinski definition) is 4. The zero-order valence-electron chi connectivity index (χ0n) is 19.0. The van der Waals surface area contributed by atoms with Gasteiger partial charge in [-0.1, -0.05) is 48.5 Å². The molecule has 4 rings (SSSR count). The van der Waals surface area contributed by atoms with Crippen LogP contribution in [-0.2, 0) is 16.1 Å². The molecule has 2 fully saturated rings. The Bertz CT molecular complexity index is 974. The number of para-hydroxylation sites is 1. The highest BCUT2D eigenvalue weighted by Gasteiger charge is 2.54. The Morgan fingerprint density at radius 2 is 1.58 bits per heavy atom. The van der Waals surface area contributed by atoms with Gasteiger partial charge >= 0.3 is 6.03 Å². The van der Waals surface area contributed by atoms with Crippen LogP contribution in [0.4, 0.5) is 10.5 Å². The summed E-state index contributed by atoms with van der Waals surface area (Å²) in [5.41, 5.74) is 1.22. The second kappa shape index (κ2) is 9.94. The van der Waals surface area contributed by atoms with Crippen LogP contribution in [0.2, 0.25) is 0 Å². The Morgan fingerprint density at radius 1 is 0.939 bits per heavy atom. The summed E-state index contributed by atoms with van der Waals surface area (Å²) in [5, 5.41) is 5.75. The molecule has 0 aliphatic carbocycles. The van der Waals surface area contributed by atoms with Crippen molar-refractivity contribution in [3.8, 4) is 0 Å². The minimum absolute atomic E-state index is 0.0107. The highest BCUT2D eigenvalue weighted by Crippen LogP contribution is 2.39. The van der Waals surface area contributed by atoms with E-state index < -0.39 is 5.54 Å². The molecule has 0 unspecified atom stereocenters.